The standard InChI is InChI=1S/C21H19N3O4S/c1-24(2)21(27)14-7-9-15(10-8-14)22-18(25)13-28-20(26)12-11-19-23-16-5-3-4-6-17(16)29-19/h3-12H,13H2,1-2H3,(H,22,25)/b12-11-. The molecule has 0 bridgehead atoms. The van der Waals surface area contributed by atoms with Gasteiger partial charge in [0.2, 0.25) is 0 Å². The number of para-hydroxylation sites is 1. The lowest BCUT2D eigenvalue weighted by atomic mass is 10.2. The van der Waals surface area contributed by atoms with Crippen molar-refractivity contribution in [1.82, 2.24) is 9.88 Å². The van der Waals surface area contributed by atoms with Crippen LogP contribution in [0.2, 0.25) is 0 Å². The lowest BCUT2D eigenvalue weighted by Gasteiger charge is -2.11. The molecule has 7 nitrogen and oxygen atoms in total. The molecule has 1 heterocycles. The van der Waals surface area contributed by atoms with Crippen molar-refractivity contribution >= 4 is 51.1 Å². The second kappa shape index (κ2) is 9.11. The lowest BCUT2D eigenvalue weighted by molar-refractivity contribution is -0.142. The summed E-state index contributed by atoms with van der Waals surface area (Å²) in [4.78, 5) is 41.4. The van der Waals surface area contributed by atoms with Crippen LogP contribution in [0, 0.1) is 0 Å². The second-order valence-corrected chi connectivity index (χ2v) is 7.35. The van der Waals surface area contributed by atoms with Gasteiger partial charge in [0, 0.05) is 31.4 Å². The maximum Gasteiger partial charge on any atom is 0.331 e. The first-order valence-corrected chi connectivity index (χ1v) is 9.56. The van der Waals surface area contributed by atoms with E-state index in [0.717, 1.165) is 10.2 Å². The van der Waals surface area contributed by atoms with Gasteiger partial charge in [-0.05, 0) is 42.5 Å². The third kappa shape index (κ3) is 5.49. The van der Waals surface area contributed by atoms with E-state index >= 15 is 0 Å². The van der Waals surface area contributed by atoms with E-state index in [1.165, 1.54) is 22.3 Å². The van der Waals surface area contributed by atoms with Crippen LogP contribution in [0.25, 0.3) is 16.3 Å². The third-order valence-electron chi connectivity index (χ3n) is 3.84. The molecule has 3 aromatic rings. The molecular formula is C21H19N3O4S. The van der Waals surface area contributed by atoms with Crippen molar-refractivity contribution in [1.29, 1.82) is 0 Å². The average Bonchev–Trinajstić information content (AvgIpc) is 3.13. The average molecular weight is 409 g/mol. The Hall–Kier alpha value is -3.52. The van der Waals surface area contributed by atoms with E-state index in [2.05, 4.69) is 10.3 Å². The summed E-state index contributed by atoms with van der Waals surface area (Å²) in [5.41, 5.74) is 1.88. The SMILES string of the molecule is CN(C)C(=O)c1ccc(NC(=O)COC(=O)/C=C\c2nc3ccccc3s2)cc1. The molecule has 0 saturated carbocycles. The van der Waals surface area contributed by atoms with Crippen molar-refractivity contribution in [3.63, 3.8) is 0 Å². The van der Waals surface area contributed by atoms with Crippen LogP contribution in [0.3, 0.4) is 0 Å². The summed E-state index contributed by atoms with van der Waals surface area (Å²) < 4.78 is 5.97. The summed E-state index contributed by atoms with van der Waals surface area (Å²) in [5.74, 6) is -1.23. The van der Waals surface area contributed by atoms with Crippen LogP contribution < -0.4 is 5.32 Å². The maximum absolute atomic E-state index is 11.9. The van der Waals surface area contributed by atoms with E-state index in [1.807, 2.05) is 24.3 Å². The molecule has 0 aliphatic heterocycles. The highest BCUT2D eigenvalue weighted by atomic mass is 32.1. The van der Waals surface area contributed by atoms with Gasteiger partial charge in [-0.2, -0.15) is 0 Å². The summed E-state index contributed by atoms with van der Waals surface area (Å²) in [5, 5.41) is 3.29. The minimum absolute atomic E-state index is 0.128. The molecule has 0 radical (unpaired) electrons. The lowest BCUT2D eigenvalue weighted by Crippen LogP contribution is -2.22. The van der Waals surface area contributed by atoms with E-state index < -0.39 is 18.5 Å². The monoisotopic (exact) mass is 409 g/mol. The van der Waals surface area contributed by atoms with E-state index in [0.29, 0.717) is 16.3 Å². The van der Waals surface area contributed by atoms with Crippen molar-refractivity contribution in [2.45, 2.75) is 0 Å². The fraction of sp³-hybridized carbons (Fsp3) is 0.143. The highest BCUT2D eigenvalue weighted by Crippen LogP contribution is 2.22. The number of anilines is 1. The predicted octanol–water partition coefficient (Wildman–Crippen LogP) is 3.19. The Labute approximate surface area is 171 Å². The van der Waals surface area contributed by atoms with Crippen LogP contribution in [0.5, 0.6) is 0 Å². The largest absolute Gasteiger partial charge is 0.452 e. The molecule has 8 heteroatoms. The molecule has 0 aliphatic rings. The Bertz CT molecular complexity index is 1040. The summed E-state index contributed by atoms with van der Waals surface area (Å²) in [6.07, 6.45) is 2.80. The maximum atomic E-state index is 11.9. The highest BCUT2D eigenvalue weighted by Gasteiger charge is 2.09. The molecule has 0 atom stereocenters. The smallest absolute Gasteiger partial charge is 0.331 e. The third-order valence-corrected chi connectivity index (χ3v) is 4.84. The van der Waals surface area contributed by atoms with E-state index in [4.69, 9.17) is 4.74 Å². The van der Waals surface area contributed by atoms with E-state index in [1.54, 1.807) is 44.4 Å². The number of aromatic nitrogens is 1. The van der Waals surface area contributed by atoms with Crippen LogP contribution in [0.4, 0.5) is 5.69 Å². The topological polar surface area (TPSA) is 88.6 Å². The number of amides is 2. The van der Waals surface area contributed by atoms with Crippen LogP contribution in [0.1, 0.15) is 15.4 Å². The molecule has 0 fully saturated rings. The second-order valence-electron chi connectivity index (χ2n) is 6.29. The van der Waals surface area contributed by atoms with Gasteiger partial charge in [0.05, 0.1) is 10.2 Å². The first-order valence-electron chi connectivity index (χ1n) is 8.74. The molecule has 2 aromatic carbocycles. The van der Waals surface area contributed by atoms with Gasteiger partial charge < -0.3 is 15.0 Å². The number of hydrogen-bond acceptors (Lipinski definition) is 6. The number of nitrogens with zero attached hydrogens (tertiary/aromatic N) is 2. The van der Waals surface area contributed by atoms with Gasteiger partial charge in [0.1, 0.15) is 5.01 Å². The molecule has 1 N–H and O–H groups in total. The Morgan fingerprint density at radius 3 is 2.52 bits per heavy atom. The number of carbonyl (C=O) groups is 3. The zero-order valence-electron chi connectivity index (χ0n) is 15.9. The molecule has 3 rings (SSSR count). The molecule has 0 unspecified atom stereocenters. The fourth-order valence-corrected chi connectivity index (χ4v) is 3.31. The normalized spacial score (nSPS) is 10.8. The van der Waals surface area contributed by atoms with Gasteiger partial charge in [0.25, 0.3) is 11.8 Å². The van der Waals surface area contributed by atoms with Crippen LogP contribution in [-0.4, -0.2) is 48.4 Å². The van der Waals surface area contributed by atoms with E-state index in [-0.39, 0.29) is 5.91 Å². The van der Waals surface area contributed by atoms with Gasteiger partial charge in [0.15, 0.2) is 6.61 Å². The minimum atomic E-state index is -0.633. The molecule has 148 valence electrons. The summed E-state index contributed by atoms with van der Waals surface area (Å²) >= 11 is 1.46. The number of nitrogens with one attached hydrogen (secondary N) is 1. The van der Waals surface area contributed by atoms with E-state index in [9.17, 15) is 14.4 Å². The number of rotatable bonds is 6. The Balaban J connectivity index is 1.48. The molecular weight excluding hydrogens is 390 g/mol. The molecule has 2 amide bonds. The van der Waals surface area contributed by atoms with Crippen LogP contribution in [-0.2, 0) is 14.3 Å². The first-order chi connectivity index (χ1) is 13.9. The summed E-state index contributed by atoms with van der Waals surface area (Å²) in [7, 11) is 3.33. The molecule has 0 spiro atoms. The summed E-state index contributed by atoms with van der Waals surface area (Å²) in [6.45, 7) is -0.415. The molecule has 0 aliphatic carbocycles. The van der Waals surface area contributed by atoms with Crippen molar-refractivity contribution in [3.8, 4) is 0 Å². The number of fused-ring (bicyclic) bond motifs is 1. The van der Waals surface area contributed by atoms with Crippen molar-refractivity contribution in [2.75, 3.05) is 26.0 Å². The molecule has 29 heavy (non-hydrogen) atoms. The van der Waals surface area contributed by atoms with Crippen molar-refractivity contribution in [2.24, 2.45) is 0 Å². The number of benzene rings is 2. The minimum Gasteiger partial charge on any atom is -0.452 e. The number of thiazole rings is 1. The van der Waals surface area contributed by atoms with Gasteiger partial charge in [-0.15, -0.1) is 11.3 Å². The number of carbonyl (C=O) groups excluding carboxylic acids is 3. The summed E-state index contributed by atoms with van der Waals surface area (Å²) in [6, 6.07) is 14.1. The van der Waals surface area contributed by atoms with Crippen molar-refractivity contribution in [3.05, 3.63) is 65.2 Å². The Kier molecular flexibility index (Phi) is 6.36. The predicted molar refractivity (Wildman–Crippen MR) is 113 cm³/mol. The first kappa shape index (κ1) is 20.2. The van der Waals surface area contributed by atoms with Gasteiger partial charge in [-0.3, -0.25) is 9.59 Å². The quantitative estimate of drug-likeness (QED) is 0.499. The fourth-order valence-electron chi connectivity index (χ4n) is 2.44. The van der Waals surface area contributed by atoms with Gasteiger partial charge in [-0.25, -0.2) is 9.78 Å². The van der Waals surface area contributed by atoms with Gasteiger partial charge >= 0.3 is 5.97 Å². The Morgan fingerprint density at radius 2 is 1.83 bits per heavy atom. The van der Waals surface area contributed by atoms with Crippen LogP contribution >= 0.6 is 11.3 Å². The zero-order valence-corrected chi connectivity index (χ0v) is 16.7. The zero-order chi connectivity index (χ0) is 20.8. The number of ether oxygens (including phenoxy) is 1. The highest BCUT2D eigenvalue weighted by molar-refractivity contribution is 7.19. The van der Waals surface area contributed by atoms with Crippen molar-refractivity contribution < 1.29 is 19.1 Å². The van der Waals surface area contributed by atoms with Gasteiger partial charge in [-0.1, -0.05) is 12.1 Å². The Morgan fingerprint density at radius 1 is 1.10 bits per heavy atom. The number of esters is 1. The molecule has 1 aromatic heterocycles. The molecule has 0 saturated heterocycles. The van der Waals surface area contributed by atoms with Crippen LogP contribution in [0.15, 0.2) is 54.6 Å². The number of hydrogen-bond donors (Lipinski definition) is 1.